The Morgan fingerprint density at radius 3 is 2.06 bits per heavy atom. The maximum absolute atomic E-state index is 5.43. The molecule has 0 radical (unpaired) electrons. The van der Waals surface area contributed by atoms with E-state index in [-0.39, 0.29) is 0 Å². The minimum atomic E-state index is 0.646. The lowest BCUT2D eigenvalue weighted by Crippen LogP contribution is -2.26. The smallest absolute Gasteiger partial charge is 0.0701 e. The Morgan fingerprint density at radius 1 is 0.882 bits per heavy atom. The van der Waals surface area contributed by atoms with E-state index in [9.17, 15) is 0 Å². The van der Waals surface area contributed by atoms with Crippen LogP contribution in [-0.4, -0.2) is 53.2 Å². The zero-order chi connectivity index (χ0) is 12.8. The van der Waals surface area contributed by atoms with Gasteiger partial charge in [0.1, 0.15) is 0 Å². The summed E-state index contributed by atoms with van der Waals surface area (Å²) in [6.45, 7) is 9.87. The summed E-state index contributed by atoms with van der Waals surface area (Å²) in [6, 6.07) is 0. The highest BCUT2D eigenvalue weighted by molar-refractivity contribution is 4.57. The predicted octanol–water partition coefficient (Wildman–Crippen LogP) is 1.69. The Bertz CT molecular complexity index is 141. The third-order valence-corrected chi connectivity index (χ3v) is 2.81. The van der Waals surface area contributed by atoms with Crippen LogP contribution in [-0.2, 0) is 14.2 Å². The molecular formula is C13H29NO3. The Hall–Kier alpha value is -0.160. The van der Waals surface area contributed by atoms with Crippen molar-refractivity contribution in [3.05, 3.63) is 0 Å². The molecule has 0 unspecified atom stereocenters. The third-order valence-electron chi connectivity index (χ3n) is 2.81. The Labute approximate surface area is 106 Å². The van der Waals surface area contributed by atoms with Gasteiger partial charge in [-0.2, -0.15) is 0 Å². The molecule has 0 heterocycles. The van der Waals surface area contributed by atoms with Crippen LogP contribution in [0.25, 0.3) is 0 Å². The highest BCUT2D eigenvalue weighted by Gasteiger charge is 2.01. The lowest BCUT2D eigenvalue weighted by molar-refractivity contribution is 0.0255. The van der Waals surface area contributed by atoms with Gasteiger partial charge in [0, 0.05) is 13.7 Å². The van der Waals surface area contributed by atoms with Crippen molar-refractivity contribution in [1.29, 1.82) is 0 Å². The molecule has 104 valence electrons. The molecule has 0 fully saturated rings. The van der Waals surface area contributed by atoms with Crippen molar-refractivity contribution in [2.75, 3.05) is 53.2 Å². The topological polar surface area (TPSA) is 39.7 Å². The first kappa shape index (κ1) is 16.8. The number of methoxy groups -OCH3 is 1. The summed E-state index contributed by atoms with van der Waals surface area (Å²) < 4.78 is 15.6. The number of hydrogen-bond donors (Lipinski definition) is 1. The lowest BCUT2D eigenvalue weighted by Gasteiger charge is -2.13. The highest BCUT2D eigenvalue weighted by atomic mass is 16.5. The second-order valence-corrected chi connectivity index (χ2v) is 4.10. The maximum Gasteiger partial charge on any atom is 0.0701 e. The molecule has 0 aromatic heterocycles. The number of nitrogens with one attached hydrogen (secondary N) is 1. The summed E-state index contributed by atoms with van der Waals surface area (Å²) in [4.78, 5) is 0. The van der Waals surface area contributed by atoms with E-state index in [1.54, 1.807) is 7.11 Å². The van der Waals surface area contributed by atoms with Gasteiger partial charge in [-0.15, -0.1) is 0 Å². The minimum Gasteiger partial charge on any atom is -0.382 e. The molecular weight excluding hydrogens is 218 g/mol. The van der Waals surface area contributed by atoms with Crippen molar-refractivity contribution in [3.8, 4) is 0 Å². The van der Waals surface area contributed by atoms with Gasteiger partial charge in [-0.1, -0.05) is 26.7 Å². The van der Waals surface area contributed by atoms with Gasteiger partial charge in [0.25, 0.3) is 0 Å². The molecule has 0 aliphatic carbocycles. The van der Waals surface area contributed by atoms with Gasteiger partial charge in [-0.25, -0.2) is 0 Å². The summed E-state index contributed by atoms with van der Waals surface area (Å²) in [7, 11) is 1.67. The largest absolute Gasteiger partial charge is 0.382 e. The molecule has 0 atom stereocenters. The molecule has 4 heteroatoms. The van der Waals surface area contributed by atoms with Crippen molar-refractivity contribution in [2.45, 2.75) is 26.7 Å². The van der Waals surface area contributed by atoms with Gasteiger partial charge < -0.3 is 19.5 Å². The van der Waals surface area contributed by atoms with Crippen LogP contribution in [0.5, 0.6) is 0 Å². The first-order valence-corrected chi connectivity index (χ1v) is 6.70. The zero-order valence-electron chi connectivity index (χ0n) is 11.7. The van der Waals surface area contributed by atoms with E-state index < -0.39 is 0 Å². The quantitative estimate of drug-likeness (QED) is 0.503. The second-order valence-electron chi connectivity index (χ2n) is 4.10. The van der Waals surface area contributed by atoms with Crippen molar-refractivity contribution < 1.29 is 14.2 Å². The normalized spacial score (nSPS) is 11.3. The van der Waals surface area contributed by atoms with Gasteiger partial charge in [0.2, 0.25) is 0 Å². The van der Waals surface area contributed by atoms with E-state index in [0.29, 0.717) is 26.4 Å². The number of rotatable bonds is 13. The van der Waals surface area contributed by atoms with Crippen LogP contribution in [0.1, 0.15) is 26.7 Å². The Kier molecular flexibility index (Phi) is 13.8. The molecule has 0 saturated carbocycles. The van der Waals surface area contributed by atoms with Crippen LogP contribution in [0.3, 0.4) is 0 Å². The van der Waals surface area contributed by atoms with E-state index in [4.69, 9.17) is 14.2 Å². The average Bonchev–Trinajstić information content (AvgIpc) is 2.36. The van der Waals surface area contributed by atoms with Crippen LogP contribution >= 0.6 is 0 Å². The zero-order valence-corrected chi connectivity index (χ0v) is 11.7. The van der Waals surface area contributed by atoms with Gasteiger partial charge in [0.15, 0.2) is 0 Å². The second kappa shape index (κ2) is 13.9. The van der Waals surface area contributed by atoms with Crippen molar-refractivity contribution in [1.82, 2.24) is 5.32 Å². The minimum absolute atomic E-state index is 0.646. The summed E-state index contributed by atoms with van der Waals surface area (Å²) >= 11 is 0. The van der Waals surface area contributed by atoms with Crippen LogP contribution in [0.15, 0.2) is 0 Å². The molecule has 4 nitrogen and oxygen atoms in total. The fourth-order valence-electron chi connectivity index (χ4n) is 1.49. The van der Waals surface area contributed by atoms with Crippen molar-refractivity contribution in [3.63, 3.8) is 0 Å². The van der Waals surface area contributed by atoms with Gasteiger partial charge in [0.05, 0.1) is 33.0 Å². The van der Waals surface area contributed by atoms with E-state index in [0.717, 1.165) is 25.6 Å². The van der Waals surface area contributed by atoms with Gasteiger partial charge in [-0.3, -0.25) is 0 Å². The SMILES string of the molecule is CCC(CC)CNCCOCCOCCOC. The van der Waals surface area contributed by atoms with Crippen molar-refractivity contribution in [2.24, 2.45) is 5.92 Å². The first-order valence-electron chi connectivity index (χ1n) is 6.70. The molecule has 0 rings (SSSR count). The average molecular weight is 247 g/mol. The molecule has 0 spiro atoms. The molecule has 0 aliphatic heterocycles. The fourth-order valence-corrected chi connectivity index (χ4v) is 1.49. The number of hydrogen-bond acceptors (Lipinski definition) is 4. The summed E-state index contributed by atoms with van der Waals surface area (Å²) in [5.41, 5.74) is 0. The predicted molar refractivity (Wildman–Crippen MR) is 70.5 cm³/mol. The van der Waals surface area contributed by atoms with E-state index in [1.165, 1.54) is 12.8 Å². The van der Waals surface area contributed by atoms with Gasteiger partial charge >= 0.3 is 0 Å². The van der Waals surface area contributed by atoms with Crippen molar-refractivity contribution >= 4 is 0 Å². The molecule has 0 saturated heterocycles. The van der Waals surface area contributed by atoms with Crippen LogP contribution in [0.2, 0.25) is 0 Å². The molecule has 0 aliphatic rings. The summed E-state index contributed by atoms with van der Waals surface area (Å²) in [5.74, 6) is 0.798. The van der Waals surface area contributed by atoms with Crippen LogP contribution in [0.4, 0.5) is 0 Å². The molecule has 0 bridgehead atoms. The summed E-state index contributed by atoms with van der Waals surface area (Å²) in [6.07, 6.45) is 2.50. The van der Waals surface area contributed by atoms with Gasteiger partial charge in [-0.05, 0) is 12.5 Å². The number of ether oxygens (including phenoxy) is 3. The molecule has 1 N–H and O–H groups in total. The van der Waals surface area contributed by atoms with E-state index in [1.807, 2.05) is 0 Å². The summed E-state index contributed by atoms with van der Waals surface area (Å²) in [5, 5.41) is 3.41. The first-order chi connectivity index (χ1) is 8.35. The molecule has 0 aromatic carbocycles. The third kappa shape index (κ3) is 12.1. The Morgan fingerprint density at radius 2 is 1.47 bits per heavy atom. The Balaban J connectivity index is 3.03. The molecule has 0 aromatic rings. The van der Waals surface area contributed by atoms with Crippen LogP contribution in [0, 0.1) is 5.92 Å². The fraction of sp³-hybridized carbons (Fsp3) is 1.00. The molecule has 17 heavy (non-hydrogen) atoms. The van der Waals surface area contributed by atoms with Crippen LogP contribution < -0.4 is 5.32 Å². The molecule has 0 amide bonds. The van der Waals surface area contributed by atoms with E-state index in [2.05, 4.69) is 19.2 Å². The van der Waals surface area contributed by atoms with E-state index >= 15 is 0 Å². The monoisotopic (exact) mass is 247 g/mol. The maximum atomic E-state index is 5.43. The standard InChI is InChI=1S/C13H29NO3/c1-4-13(5-2)12-14-6-7-16-10-11-17-9-8-15-3/h13-14H,4-12H2,1-3H3. The highest BCUT2D eigenvalue weighted by Crippen LogP contribution is 2.04. The lowest BCUT2D eigenvalue weighted by atomic mass is 10.0.